The molecule has 3 aromatic carbocycles. The molecule has 0 saturated heterocycles. The van der Waals surface area contributed by atoms with Crippen molar-refractivity contribution in [2.24, 2.45) is 5.10 Å². The van der Waals surface area contributed by atoms with E-state index in [1.54, 1.807) is 24.3 Å². The first-order valence-corrected chi connectivity index (χ1v) is 8.95. The number of ether oxygens (including phenoxy) is 1. The average molecular weight is 410 g/mol. The van der Waals surface area contributed by atoms with Crippen LogP contribution in [0, 0.1) is 10.1 Å². The molecule has 1 amide bonds. The Morgan fingerprint density at radius 2 is 1.83 bits per heavy atom. The first-order chi connectivity index (χ1) is 14.0. The predicted molar refractivity (Wildman–Crippen MR) is 110 cm³/mol. The van der Waals surface area contributed by atoms with E-state index in [1.807, 2.05) is 30.3 Å². The number of hydrogen-bond acceptors (Lipinski definition) is 5. The third kappa shape index (κ3) is 5.40. The number of benzene rings is 3. The lowest BCUT2D eigenvalue weighted by molar-refractivity contribution is -0.384. The highest BCUT2D eigenvalue weighted by Crippen LogP contribution is 2.24. The van der Waals surface area contributed by atoms with Crippen LogP contribution in [-0.4, -0.2) is 17.0 Å². The Hall–Kier alpha value is -3.71. The predicted octanol–water partition coefficient (Wildman–Crippen LogP) is 4.59. The molecule has 0 bridgehead atoms. The summed E-state index contributed by atoms with van der Waals surface area (Å²) < 4.78 is 5.77. The molecule has 0 heterocycles. The van der Waals surface area contributed by atoms with Crippen molar-refractivity contribution in [2.75, 3.05) is 0 Å². The van der Waals surface area contributed by atoms with Gasteiger partial charge in [-0.2, -0.15) is 5.10 Å². The quantitative estimate of drug-likeness (QED) is 0.351. The van der Waals surface area contributed by atoms with Gasteiger partial charge in [0.15, 0.2) is 0 Å². The summed E-state index contributed by atoms with van der Waals surface area (Å²) in [7, 11) is 0. The lowest BCUT2D eigenvalue weighted by Crippen LogP contribution is -2.18. The van der Waals surface area contributed by atoms with E-state index in [-0.39, 0.29) is 10.7 Å². The number of amides is 1. The van der Waals surface area contributed by atoms with Crippen LogP contribution in [0.15, 0.2) is 77.9 Å². The molecule has 146 valence electrons. The number of rotatable bonds is 7. The summed E-state index contributed by atoms with van der Waals surface area (Å²) >= 11 is 5.86. The van der Waals surface area contributed by atoms with Gasteiger partial charge in [-0.15, -0.1) is 0 Å². The van der Waals surface area contributed by atoms with Crippen LogP contribution in [0.1, 0.15) is 21.5 Å². The fourth-order valence-corrected chi connectivity index (χ4v) is 2.75. The zero-order chi connectivity index (χ0) is 20.6. The van der Waals surface area contributed by atoms with Gasteiger partial charge in [-0.3, -0.25) is 14.9 Å². The van der Waals surface area contributed by atoms with Gasteiger partial charge in [-0.1, -0.05) is 54.1 Å². The van der Waals surface area contributed by atoms with Crippen molar-refractivity contribution < 1.29 is 14.5 Å². The minimum absolute atomic E-state index is 0.00932. The second kappa shape index (κ2) is 9.48. The van der Waals surface area contributed by atoms with Crippen LogP contribution >= 0.6 is 11.6 Å². The molecule has 0 atom stereocenters. The van der Waals surface area contributed by atoms with Crippen molar-refractivity contribution in [2.45, 2.75) is 6.61 Å². The zero-order valence-electron chi connectivity index (χ0n) is 15.1. The van der Waals surface area contributed by atoms with Crippen LogP contribution in [-0.2, 0) is 6.61 Å². The molecule has 0 aliphatic carbocycles. The van der Waals surface area contributed by atoms with Gasteiger partial charge in [0.2, 0.25) is 0 Å². The first-order valence-electron chi connectivity index (χ1n) is 8.57. The molecular formula is C21H16ClN3O4. The summed E-state index contributed by atoms with van der Waals surface area (Å²) in [6, 6.07) is 20.6. The van der Waals surface area contributed by atoms with Crippen molar-refractivity contribution in [1.29, 1.82) is 0 Å². The van der Waals surface area contributed by atoms with Gasteiger partial charge in [0, 0.05) is 6.07 Å². The minimum atomic E-state index is -0.572. The van der Waals surface area contributed by atoms with Crippen LogP contribution in [0.5, 0.6) is 5.75 Å². The average Bonchev–Trinajstić information content (AvgIpc) is 2.73. The summed E-state index contributed by atoms with van der Waals surface area (Å²) in [6.07, 6.45) is 1.35. The minimum Gasteiger partial charge on any atom is -0.488 e. The van der Waals surface area contributed by atoms with Crippen LogP contribution < -0.4 is 10.2 Å². The largest absolute Gasteiger partial charge is 0.488 e. The summed E-state index contributed by atoms with van der Waals surface area (Å²) in [5, 5.41) is 14.7. The summed E-state index contributed by atoms with van der Waals surface area (Å²) in [6.45, 7) is 0.329. The van der Waals surface area contributed by atoms with Gasteiger partial charge in [0.1, 0.15) is 17.4 Å². The third-order valence-electron chi connectivity index (χ3n) is 3.92. The number of nitro groups is 1. The van der Waals surface area contributed by atoms with E-state index in [0.29, 0.717) is 23.5 Å². The molecule has 0 saturated carbocycles. The number of nitrogens with one attached hydrogen (secondary N) is 1. The molecule has 0 aromatic heterocycles. The third-order valence-corrected chi connectivity index (χ3v) is 4.22. The van der Waals surface area contributed by atoms with Gasteiger partial charge in [0.05, 0.1) is 16.7 Å². The van der Waals surface area contributed by atoms with E-state index < -0.39 is 10.8 Å². The van der Waals surface area contributed by atoms with Gasteiger partial charge in [-0.25, -0.2) is 5.43 Å². The topological polar surface area (TPSA) is 93.8 Å². The van der Waals surface area contributed by atoms with Gasteiger partial charge in [-0.05, 0) is 35.4 Å². The van der Waals surface area contributed by atoms with Crippen molar-refractivity contribution in [3.8, 4) is 5.75 Å². The Morgan fingerprint density at radius 1 is 1.10 bits per heavy atom. The van der Waals surface area contributed by atoms with E-state index in [4.69, 9.17) is 16.3 Å². The number of halogens is 1. The number of hydrazone groups is 1. The van der Waals surface area contributed by atoms with E-state index in [0.717, 1.165) is 5.56 Å². The lowest BCUT2D eigenvalue weighted by atomic mass is 10.2. The molecule has 0 aliphatic heterocycles. The lowest BCUT2D eigenvalue weighted by Gasteiger charge is -2.10. The summed E-state index contributed by atoms with van der Waals surface area (Å²) in [5.74, 6) is -0.0136. The Balaban J connectivity index is 1.66. The number of para-hydroxylation sites is 1. The Labute approximate surface area is 171 Å². The highest BCUT2D eigenvalue weighted by atomic mass is 35.5. The van der Waals surface area contributed by atoms with Gasteiger partial charge >= 0.3 is 0 Å². The molecule has 0 radical (unpaired) electrons. The Morgan fingerprint density at radius 3 is 2.55 bits per heavy atom. The summed E-state index contributed by atoms with van der Waals surface area (Å²) in [4.78, 5) is 22.7. The molecule has 1 N–H and O–H groups in total. The van der Waals surface area contributed by atoms with Crippen LogP contribution in [0.3, 0.4) is 0 Å². The van der Waals surface area contributed by atoms with Crippen molar-refractivity contribution in [3.05, 3.63) is 105 Å². The van der Waals surface area contributed by atoms with E-state index in [2.05, 4.69) is 10.5 Å². The maximum atomic E-state index is 12.5. The van der Waals surface area contributed by atoms with E-state index in [9.17, 15) is 14.9 Å². The molecule has 8 heteroatoms. The SMILES string of the molecule is O=C(N/N=C/c1ccc([N+](=O)[O-])c(Cl)c1)c1ccccc1OCc1ccccc1. The smallest absolute Gasteiger partial charge is 0.287 e. The van der Waals surface area contributed by atoms with Crippen LogP contribution in [0.4, 0.5) is 5.69 Å². The van der Waals surface area contributed by atoms with Gasteiger partial charge < -0.3 is 4.74 Å². The van der Waals surface area contributed by atoms with Crippen molar-refractivity contribution in [3.63, 3.8) is 0 Å². The fourth-order valence-electron chi connectivity index (χ4n) is 2.49. The fraction of sp³-hybridized carbons (Fsp3) is 0.0476. The molecule has 0 unspecified atom stereocenters. The first kappa shape index (κ1) is 20.0. The maximum Gasteiger partial charge on any atom is 0.287 e. The number of nitro benzene ring substituents is 1. The number of hydrogen-bond donors (Lipinski definition) is 1. The van der Waals surface area contributed by atoms with Crippen molar-refractivity contribution in [1.82, 2.24) is 5.43 Å². The molecule has 0 aliphatic rings. The highest BCUT2D eigenvalue weighted by molar-refractivity contribution is 6.32. The number of nitrogens with zero attached hydrogens (tertiary/aromatic N) is 2. The Bertz CT molecular complexity index is 1050. The molecule has 7 nitrogen and oxygen atoms in total. The Kier molecular flexibility index (Phi) is 6.55. The number of carbonyl (C=O) groups excluding carboxylic acids is 1. The summed E-state index contributed by atoms with van der Waals surface area (Å²) in [5.41, 5.74) is 4.05. The zero-order valence-corrected chi connectivity index (χ0v) is 15.9. The molecule has 3 aromatic rings. The van der Waals surface area contributed by atoms with Crippen LogP contribution in [0.25, 0.3) is 0 Å². The van der Waals surface area contributed by atoms with Crippen molar-refractivity contribution >= 4 is 29.4 Å². The molecule has 0 fully saturated rings. The second-order valence-electron chi connectivity index (χ2n) is 5.94. The van der Waals surface area contributed by atoms with Crippen LogP contribution in [0.2, 0.25) is 5.02 Å². The molecule has 29 heavy (non-hydrogen) atoms. The standard InChI is InChI=1S/C21H16ClN3O4/c22-18-12-16(10-11-19(18)25(27)28)13-23-24-21(26)17-8-4-5-9-20(17)29-14-15-6-2-1-3-7-15/h1-13H,14H2,(H,24,26)/b23-13+. The molecule has 0 spiro atoms. The van der Waals surface area contributed by atoms with Gasteiger partial charge in [0.25, 0.3) is 11.6 Å². The van der Waals surface area contributed by atoms with E-state index >= 15 is 0 Å². The number of carbonyl (C=O) groups is 1. The second-order valence-corrected chi connectivity index (χ2v) is 6.34. The molecule has 3 rings (SSSR count). The normalized spacial score (nSPS) is 10.7. The van der Waals surface area contributed by atoms with E-state index in [1.165, 1.54) is 24.4 Å². The molecular weight excluding hydrogens is 394 g/mol. The maximum absolute atomic E-state index is 12.5. The highest BCUT2D eigenvalue weighted by Gasteiger charge is 2.13. The monoisotopic (exact) mass is 409 g/mol.